The highest BCUT2D eigenvalue weighted by molar-refractivity contribution is 6.00. The molecular weight excluding hydrogens is 244 g/mol. The second kappa shape index (κ2) is 4.47. The first-order chi connectivity index (χ1) is 9.09. The molecule has 0 radical (unpaired) electrons. The summed E-state index contributed by atoms with van der Waals surface area (Å²) in [4.78, 5) is 27.0. The van der Waals surface area contributed by atoms with Crippen molar-refractivity contribution >= 4 is 11.8 Å². The zero-order valence-electron chi connectivity index (χ0n) is 11.6. The molecule has 2 amide bonds. The van der Waals surface area contributed by atoms with Gasteiger partial charge in [-0.25, -0.2) is 0 Å². The predicted molar refractivity (Wildman–Crippen MR) is 69.4 cm³/mol. The number of nitrogens with zero attached hydrogens (tertiary/aromatic N) is 1. The van der Waals surface area contributed by atoms with Crippen LogP contribution in [0.1, 0.15) is 32.6 Å². The number of ether oxygens (including phenoxy) is 1. The van der Waals surface area contributed by atoms with Gasteiger partial charge in [-0.2, -0.15) is 0 Å². The lowest BCUT2D eigenvalue weighted by molar-refractivity contribution is -0.159. The number of hydrogen-bond acceptors (Lipinski definition) is 3. The summed E-state index contributed by atoms with van der Waals surface area (Å²) in [5, 5.41) is 2.98. The van der Waals surface area contributed by atoms with Crippen LogP contribution in [0.5, 0.6) is 0 Å². The maximum atomic E-state index is 12.7. The maximum Gasteiger partial charge on any atom is 0.246 e. The molecular formula is C14H22N2O3. The number of amides is 2. The van der Waals surface area contributed by atoms with Gasteiger partial charge in [0, 0.05) is 13.7 Å². The van der Waals surface area contributed by atoms with E-state index in [0.29, 0.717) is 25.0 Å². The van der Waals surface area contributed by atoms with Crippen molar-refractivity contribution in [3.8, 4) is 0 Å². The summed E-state index contributed by atoms with van der Waals surface area (Å²) < 4.78 is 5.11. The van der Waals surface area contributed by atoms with E-state index in [1.54, 1.807) is 12.0 Å². The van der Waals surface area contributed by atoms with E-state index in [-0.39, 0.29) is 17.9 Å². The zero-order valence-corrected chi connectivity index (χ0v) is 11.6. The lowest BCUT2D eigenvalue weighted by atomic mass is 9.87. The van der Waals surface area contributed by atoms with Gasteiger partial charge in [-0.15, -0.1) is 0 Å². The molecule has 3 aliphatic rings. The van der Waals surface area contributed by atoms with Gasteiger partial charge in [0.05, 0.1) is 6.61 Å². The first-order valence-electron chi connectivity index (χ1n) is 7.20. The van der Waals surface area contributed by atoms with Crippen LogP contribution in [0, 0.1) is 11.8 Å². The first-order valence-corrected chi connectivity index (χ1v) is 7.20. The minimum atomic E-state index is -0.666. The number of piperazine rings is 1. The highest BCUT2D eigenvalue weighted by atomic mass is 16.5. The van der Waals surface area contributed by atoms with Gasteiger partial charge in [0.25, 0.3) is 0 Å². The summed E-state index contributed by atoms with van der Waals surface area (Å²) in [5.74, 6) is 0.787. The summed E-state index contributed by atoms with van der Waals surface area (Å²) in [6.45, 7) is 2.91. The number of carbonyl (C=O) groups is 2. The number of methoxy groups -OCH3 is 1. The van der Waals surface area contributed by atoms with Crippen LogP contribution in [0.3, 0.4) is 0 Å². The molecule has 106 valence electrons. The molecule has 1 N–H and O–H groups in total. The molecule has 0 bridgehead atoms. The molecule has 0 spiro atoms. The van der Waals surface area contributed by atoms with Gasteiger partial charge in [-0.3, -0.25) is 9.59 Å². The zero-order chi connectivity index (χ0) is 13.6. The van der Waals surface area contributed by atoms with Crippen LogP contribution in [0.15, 0.2) is 0 Å². The molecule has 1 heterocycles. The average molecular weight is 266 g/mol. The van der Waals surface area contributed by atoms with Gasteiger partial charge in [-0.05, 0) is 44.4 Å². The fraction of sp³-hybridized carbons (Fsp3) is 0.857. The quantitative estimate of drug-likeness (QED) is 0.790. The molecule has 19 heavy (non-hydrogen) atoms. The third-order valence-electron chi connectivity index (χ3n) is 4.82. The summed E-state index contributed by atoms with van der Waals surface area (Å²) in [6, 6.07) is -0.295. The standard InChI is InChI=1S/C14H22N2O3/c1-14(10-5-6-10)13(18)15-11(9-3-4-9)12(17)16(14)7-8-19-2/h9-11H,3-8H2,1-2H3,(H,15,18). The van der Waals surface area contributed by atoms with Gasteiger partial charge in [0.1, 0.15) is 11.6 Å². The maximum absolute atomic E-state index is 12.7. The monoisotopic (exact) mass is 266 g/mol. The Morgan fingerprint density at radius 1 is 1.32 bits per heavy atom. The highest BCUT2D eigenvalue weighted by Crippen LogP contribution is 2.46. The van der Waals surface area contributed by atoms with Gasteiger partial charge < -0.3 is 15.0 Å². The third-order valence-corrected chi connectivity index (χ3v) is 4.82. The van der Waals surface area contributed by atoms with E-state index >= 15 is 0 Å². The Morgan fingerprint density at radius 3 is 2.53 bits per heavy atom. The van der Waals surface area contributed by atoms with E-state index in [1.165, 1.54) is 0 Å². The minimum absolute atomic E-state index is 0.0302. The van der Waals surface area contributed by atoms with Crippen LogP contribution < -0.4 is 5.32 Å². The molecule has 0 aromatic heterocycles. The molecule has 1 saturated heterocycles. The van der Waals surface area contributed by atoms with Gasteiger partial charge in [0.2, 0.25) is 11.8 Å². The van der Waals surface area contributed by atoms with Crippen molar-refractivity contribution in [3.63, 3.8) is 0 Å². The van der Waals surface area contributed by atoms with Crippen LogP contribution >= 0.6 is 0 Å². The van der Waals surface area contributed by atoms with Crippen molar-refractivity contribution in [2.75, 3.05) is 20.3 Å². The summed E-state index contributed by atoms with van der Waals surface area (Å²) in [7, 11) is 1.63. The van der Waals surface area contributed by atoms with Crippen LogP contribution in [0.4, 0.5) is 0 Å². The third kappa shape index (κ3) is 2.04. The van der Waals surface area contributed by atoms with Crippen molar-refractivity contribution in [1.29, 1.82) is 0 Å². The second-order valence-corrected chi connectivity index (χ2v) is 6.19. The van der Waals surface area contributed by atoms with Crippen molar-refractivity contribution in [3.05, 3.63) is 0 Å². The molecule has 3 fully saturated rings. The molecule has 1 aliphatic heterocycles. The molecule has 2 unspecified atom stereocenters. The van der Waals surface area contributed by atoms with Gasteiger partial charge in [-0.1, -0.05) is 0 Å². The molecule has 0 aromatic carbocycles. The van der Waals surface area contributed by atoms with Crippen molar-refractivity contribution in [1.82, 2.24) is 10.2 Å². The highest BCUT2D eigenvalue weighted by Gasteiger charge is 2.58. The van der Waals surface area contributed by atoms with E-state index in [2.05, 4.69) is 5.32 Å². The Bertz CT molecular complexity index is 403. The topological polar surface area (TPSA) is 58.6 Å². The molecule has 3 rings (SSSR count). The Balaban J connectivity index is 1.85. The van der Waals surface area contributed by atoms with E-state index in [0.717, 1.165) is 25.7 Å². The van der Waals surface area contributed by atoms with Crippen LogP contribution in [0.2, 0.25) is 0 Å². The van der Waals surface area contributed by atoms with Crippen molar-refractivity contribution in [2.45, 2.75) is 44.2 Å². The SMILES string of the molecule is COCCN1C(=O)C(C2CC2)NC(=O)C1(C)C1CC1. The molecule has 5 nitrogen and oxygen atoms in total. The molecule has 2 saturated carbocycles. The van der Waals surface area contributed by atoms with Gasteiger partial charge in [0.15, 0.2) is 0 Å². The summed E-state index contributed by atoms with van der Waals surface area (Å²) in [5.41, 5.74) is -0.666. The van der Waals surface area contributed by atoms with Crippen LogP contribution in [0.25, 0.3) is 0 Å². The average Bonchev–Trinajstić information content (AvgIpc) is 3.26. The Morgan fingerprint density at radius 2 is 2.00 bits per heavy atom. The second-order valence-electron chi connectivity index (χ2n) is 6.19. The number of carbonyl (C=O) groups excluding carboxylic acids is 2. The molecule has 0 aromatic rings. The lowest BCUT2D eigenvalue weighted by Gasteiger charge is -2.46. The van der Waals surface area contributed by atoms with Crippen molar-refractivity contribution in [2.24, 2.45) is 11.8 Å². The normalized spacial score (nSPS) is 35.5. The Labute approximate surface area is 113 Å². The van der Waals surface area contributed by atoms with Crippen LogP contribution in [-0.4, -0.2) is 48.6 Å². The molecule has 5 heteroatoms. The predicted octanol–water partition coefficient (Wildman–Crippen LogP) is 0.538. The Hall–Kier alpha value is -1.10. The largest absolute Gasteiger partial charge is 0.383 e. The first kappa shape index (κ1) is 12.9. The van der Waals surface area contributed by atoms with E-state index < -0.39 is 5.54 Å². The fourth-order valence-corrected chi connectivity index (χ4v) is 3.19. The number of rotatable bonds is 5. The van der Waals surface area contributed by atoms with E-state index in [1.807, 2.05) is 6.92 Å². The number of nitrogens with one attached hydrogen (secondary N) is 1. The molecule has 2 atom stereocenters. The minimum Gasteiger partial charge on any atom is -0.383 e. The lowest BCUT2D eigenvalue weighted by Crippen LogP contribution is -2.71. The van der Waals surface area contributed by atoms with Crippen molar-refractivity contribution < 1.29 is 14.3 Å². The summed E-state index contributed by atoms with van der Waals surface area (Å²) >= 11 is 0. The summed E-state index contributed by atoms with van der Waals surface area (Å²) in [6.07, 6.45) is 4.17. The molecule has 2 aliphatic carbocycles. The van der Waals surface area contributed by atoms with E-state index in [9.17, 15) is 9.59 Å². The Kier molecular flexibility index (Phi) is 3.04. The number of hydrogen-bond donors (Lipinski definition) is 1. The van der Waals surface area contributed by atoms with Crippen LogP contribution in [-0.2, 0) is 14.3 Å². The smallest absolute Gasteiger partial charge is 0.246 e. The van der Waals surface area contributed by atoms with E-state index in [4.69, 9.17) is 4.74 Å². The van der Waals surface area contributed by atoms with Gasteiger partial charge >= 0.3 is 0 Å². The fourth-order valence-electron chi connectivity index (χ4n) is 3.19.